The van der Waals surface area contributed by atoms with Crippen LogP contribution in [0.3, 0.4) is 0 Å². The Kier molecular flexibility index (Phi) is 3.37. The van der Waals surface area contributed by atoms with Gasteiger partial charge in [-0.15, -0.1) is 0 Å². The first-order chi connectivity index (χ1) is 12.6. The van der Waals surface area contributed by atoms with E-state index in [4.69, 9.17) is 11.6 Å². The normalized spacial score (nSPS) is 23.7. The van der Waals surface area contributed by atoms with Crippen LogP contribution >= 0.6 is 11.6 Å². The molecule has 130 valence electrons. The van der Waals surface area contributed by atoms with E-state index in [1.807, 2.05) is 18.2 Å². The lowest BCUT2D eigenvalue weighted by atomic mass is 10.1. The fourth-order valence-corrected chi connectivity index (χ4v) is 4.13. The maximum atomic E-state index is 13.1. The quantitative estimate of drug-likeness (QED) is 0.766. The first-order valence-corrected chi connectivity index (χ1v) is 8.96. The van der Waals surface area contributed by atoms with Gasteiger partial charge in [0, 0.05) is 5.02 Å². The van der Waals surface area contributed by atoms with E-state index in [0.29, 0.717) is 16.4 Å². The number of anilines is 2. The van der Waals surface area contributed by atoms with Crippen molar-refractivity contribution in [3.8, 4) is 0 Å². The number of hydrogen-bond donors (Lipinski definition) is 0. The number of hydrogen-bond acceptors (Lipinski definition) is 5. The van der Waals surface area contributed by atoms with Gasteiger partial charge in [-0.25, -0.2) is 9.91 Å². The Morgan fingerprint density at radius 3 is 2.65 bits per heavy atom. The lowest BCUT2D eigenvalue weighted by Crippen LogP contribution is -2.39. The zero-order chi connectivity index (χ0) is 17.8. The molecule has 2 heterocycles. The molecule has 2 atom stereocenters. The summed E-state index contributed by atoms with van der Waals surface area (Å²) < 4.78 is 0. The topological polar surface area (TPSA) is 65.3 Å². The molecule has 2 aromatic rings. The van der Waals surface area contributed by atoms with Crippen molar-refractivity contribution >= 4 is 34.8 Å². The van der Waals surface area contributed by atoms with Gasteiger partial charge in [-0.3, -0.25) is 9.59 Å². The van der Waals surface area contributed by atoms with Gasteiger partial charge in [-0.1, -0.05) is 29.0 Å². The lowest BCUT2D eigenvalue weighted by Gasteiger charge is -2.21. The zero-order valence-electron chi connectivity index (χ0n) is 13.8. The molecule has 1 saturated heterocycles. The summed E-state index contributed by atoms with van der Waals surface area (Å²) in [5.74, 6) is -0.630. The average Bonchev–Trinajstić information content (AvgIpc) is 3.32. The van der Waals surface area contributed by atoms with Crippen molar-refractivity contribution in [1.82, 2.24) is 0 Å². The van der Waals surface area contributed by atoms with E-state index < -0.39 is 12.1 Å². The summed E-state index contributed by atoms with van der Waals surface area (Å²) in [7, 11) is 0. The summed E-state index contributed by atoms with van der Waals surface area (Å²) >= 11 is 6.05. The predicted molar refractivity (Wildman–Crippen MR) is 97.3 cm³/mol. The average molecular weight is 367 g/mol. The van der Waals surface area contributed by atoms with Crippen LogP contribution in [-0.2, 0) is 22.4 Å². The van der Waals surface area contributed by atoms with Crippen LogP contribution in [0.5, 0.6) is 0 Å². The van der Waals surface area contributed by atoms with E-state index in [1.165, 1.54) is 21.0 Å². The van der Waals surface area contributed by atoms with Crippen LogP contribution < -0.4 is 9.91 Å². The number of nitrogens with zero attached hydrogens (tertiary/aromatic N) is 4. The Labute approximate surface area is 155 Å². The van der Waals surface area contributed by atoms with Crippen molar-refractivity contribution in [1.29, 1.82) is 0 Å². The summed E-state index contributed by atoms with van der Waals surface area (Å²) in [6.07, 6.45) is 3.16. The third-order valence-corrected chi connectivity index (χ3v) is 5.43. The minimum atomic E-state index is -0.810. The van der Waals surface area contributed by atoms with E-state index in [9.17, 15) is 9.59 Å². The van der Waals surface area contributed by atoms with Crippen LogP contribution in [0.2, 0.25) is 5.02 Å². The molecule has 0 saturated carbocycles. The molecular weight excluding hydrogens is 352 g/mol. The molecule has 0 spiro atoms. The molecule has 0 aromatic heterocycles. The molecule has 0 N–H and O–H groups in total. The van der Waals surface area contributed by atoms with Gasteiger partial charge in [-0.05, 0) is 60.7 Å². The molecule has 1 fully saturated rings. The third kappa shape index (κ3) is 2.18. The number of rotatable bonds is 2. The largest absolute Gasteiger partial charge is 0.271 e. The Morgan fingerprint density at radius 2 is 1.81 bits per heavy atom. The van der Waals surface area contributed by atoms with E-state index >= 15 is 0 Å². The molecule has 5 rings (SSSR count). The number of carbonyl (C=O) groups is 2. The third-order valence-electron chi connectivity index (χ3n) is 5.19. The second-order valence-corrected chi connectivity index (χ2v) is 7.17. The molecule has 26 heavy (non-hydrogen) atoms. The van der Waals surface area contributed by atoms with E-state index in [-0.39, 0.29) is 11.8 Å². The Hall–Kier alpha value is -2.73. The van der Waals surface area contributed by atoms with Crippen molar-refractivity contribution in [2.45, 2.75) is 31.3 Å². The highest BCUT2D eigenvalue weighted by molar-refractivity contribution is 6.31. The second-order valence-electron chi connectivity index (χ2n) is 6.74. The van der Waals surface area contributed by atoms with E-state index in [1.54, 1.807) is 24.3 Å². The molecule has 2 aromatic carbocycles. The summed E-state index contributed by atoms with van der Waals surface area (Å²) in [5.41, 5.74) is 3.78. The van der Waals surface area contributed by atoms with Crippen molar-refractivity contribution in [2.75, 3.05) is 9.91 Å². The van der Waals surface area contributed by atoms with Crippen molar-refractivity contribution in [3.63, 3.8) is 0 Å². The number of aryl methyl sites for hydroxylation is 2. The second kappa shape index (κ2) is 5.64. The van der Waals surface area contributed by atoms with Crippen molar-refractivity contribution in [2.24, 2.45) is 10.3 Å². The molecule has 3 aliphatic rings. The van der Waals surface area contributed by atoms with Crippen LogP contribution in [0.4, 0.5) is 11.4 Å². The molecule has 6 nitrogen and oxygen atoms in total. The van der Waals surface area contributed by atoms with Crippen LogP contribution in [-0.4, -0.2) is 23.9 Å². The Balaban J connectivity index is 1.51. The lowest BCUT2D eigenvalue weighted by molar-refractivity contribution is -0.121. The van der Waals surface area contributed by atoms with Gasteiger partial charge in [0.1, 0.15) is 0 Å². The van der Waals surface area contributed by atoms with Crippen LogP contribution in [0.25, 0.3) is 0 Å². The summed E-state index contributed by atoms with van der Waals surface area (Å²) in [6, 6.07) is 11.3. The smallest absolute Gasteiger partial charge is 0.263 e. The first-order valence-electron chi connectivity index (χ1n) is 8.59. The van der Waals surface area contributed by atoms with Crippen LogP contribution in [0, 0.1) is 0 Å². The molecule has 0 radical (unpaired) electrons. The van der Waals surface area contributed by atoms with Gasteiger partial charge in [0.05, 0.1) is 11.4 Å². The SMILES string of the molecule is O=C1[C@@H]2[C@@H](N=NN2c2cccc(Cl)c2)C(=O)N1c1ccc2c(c1)CCC2. The van der Waals surface area contributed by atoms with E-state index in [0.717, 1.165) is 19.3 Å². The molecule has 1 aliphatic carbocycles. The maximum Gasteiger partial charge on any atom is 0.263 e. The number of fused-ring (bicyclic) bond motifs is 2. The molecule has 0 bridgehead atoms. The molecule has 2 aliphatic heterocycles. The van der Waals surface area contributed by atoms with Crippen LogP contribution in [0.1, 0.15) is 17.5 Å². The fourth-order valence-electron chi connectivity index (χ4n) is 3.94. The van der Waals surface area contributed by atoms with E-state index in [2.05, 4.69) is 10.3 Å². The number of benzene rings is 2. The van der Waals surface area contributed by atoms with Gasteiger partial charge in [0.15, 0.2) is 12.1 Å². The monoisotopic (exact) mass is 366 g/mol. The van der Waals surface area contributed by atoms with Gasteiger partial charge in [0.2, 0.25) is 0 Å². The highest BCUT2D eigenvalue weighted by Gasteiger charge is 2.55. The molecule has 7 heteroatoms. The maximum absolute atomic E-state index is 13.1. The van der Waals surface area contributed by atoms with Gasteiger partial charge >= 0.3 is 0 Å². The highest BCUT2D eigenvalue weighted by Crippen LogP contribution is 2.36. The molecular formula is C19H15ClN4O2. The van der Waals surface area contributed by atoms with Gasteiger partial charge in [0.25, 0.3) is 11.8 Å². The highest BCUT2D eigenvalue weighted by atomic mass is 35.5. The van der Waals surface area contributed by atoms with Crippen LogP contribution in [0.15, 0.2) is 52.8 Å². The summed E-state index contributed by atoms with van der Waals surface area (Å²) in [4.78, 5) is 27.2. The predicted octanol–water partition coefficient (Wildman–Crippen LogP) is 3.33. The van der Waals surface area contributed by atoms with Gasteiger partial charge in [-0.2, -0.15) is 5.11 Å². The molecule has 0 unspecified atom stereocenters. The summed E-state index contributed by atoms with van der Waals surface area (Å²) in [5, 5.41) is 10.1. The fraction of sp³-hybridized carbons (Fsp3) is 0.263. The number of halogens is 1. The van der Waals surface area contributed by atoms with Gasteiger partial charge < -0.3 is 0 Å². The molecule has 2 amide bonds. The Morgan fingerprint density at radius 1 is 0.962 bits per heavy atom. The number of carbonyl (C=O) groups excluding carboxylic acids is 2. The summed E-state index contributed by atoms with van der Waals surface area (Å²) in [6.45, 7) is 0. The van der Waals surface area contributed by atoms with Crippen molar-refractivity contribution < 1.29 is 9.59 Å². The number of amides is 2. The first kappa shape index (κ1) is 15.5. The standard InChI is InChI=1S/C19H15ClN4O2/c20-13-5-2-6-15(10-13)24-17-16(21-22-24)18(25)23(19(17)26)14-8-7-11-3-1-4-12(11)9-14/h2,5-10,16-17H,1,3-4H2/t16-,17+/m1/s1. The number of imide groups is 1. The Bertz CT molecular complexity index is 974. The minimum Gasteiger partial charge on any atom is -0.271 e. The zero-order valence-corrected chi connectivity index (χ0v) is 14.6. The van der Waals surface area contributed by atoms with Crippen molar-refractivity contribution in [3.05, 3.63) is 58.6 Å². The minimum absolute atomic E-state index is 0.303.